The number of alkyl carbamates (subject to hydrolysis) is 1. The van der Waals surface area contributed by atoms with Gasteiger partial charge in [0, 0.05) is 12.1 Å². The Kier molecular flexibility index (Phi) is 9.82. The van der Waals surface area contributed by atoms with Crippen molar-refractivity contribution in [1.82, 2.24) is 21.3 Å². The molecule has 3 amide bonds. The van der Waals surface area contributed by atoms with Crippen molar-refractivity contribution in [2.75, 3.05) is 13.7 Å². The molecule has 0 aromatic heterocycles. The van der Waals surface area contributed by atoms with Gasteiger partial charge in [-0.3, -0.25) is 20.3 Å². The van der Waals surface area contributed by atoms with Gasteiger partial charge in [-0.1, -0.05) is 42.8 Å². The number of benzene rings is 2. The molecule has 192 valence electrons. The summed E-state index contributed by atoms with van der Waals surface area (Å²) < 4.78 is 10.3. The number of methoxy groups -OCH3 is 1. The van der Waals surface area contributed by atoms with Gasteiger partial charge < -0.3 is 25.4 Å². The van der Waals surface area contributed by atoms with E-state index in [2.05, 4.69) is 21.3 Å². The van der Waals surface area contributed by atoms with E-state index in [1.165, 1.54) is 0 Å². The maximum Gasteiger partial charge on any atom is 0.413 e. The number of carbonyl (C=O) groups is 3. The topological polar surface area (TPSA) is 142 Å². The minimum Gasteiger partial charge on any atom is -0.497 e. The highest BCUT2D eigenvalue weighted by Crippen LogP contribution is 2.13. The quantitative estimate of drug-likeness (QED) is 0.267. The average molecular weight is 496 g/mol. The minimum atomic E-state index is -0.737. The molecule has 36 heavy (non-hydrogen) atoms. The van der Waals surface area contributed by atoms with Gasteiger partial charge in [0.25, 0.3) is 0 Å². The Labute approximate surface area is 210 Å². The molecule has 1 unspecified atom stereocenters. The molecule has 1 saturated heterocycles. The first-order valence-corrected chi connectivity index (χ1v) is 11.9. The summed E-state index contributed by atoms with van der Waals surface area (Å²) in [4.78, 5) is 36.7. The van der Waals surface area contributed by atoms with E-state index in [1.807, 2.05) is 0 Å². The smallest absolute Gasteiger partial charge is 0.413 e. The molecular formula is C26H33N5O5. The summed E-state index contributed by atoms with van der Waals surface area (Å²) in [5.74, 6) is 0.122. The Morgan fingerprint density at radius 2 is 1.89 bits per heavy atom. The molecule has 2 atom stereocenters. The van der Waals surface area contributed by atoms with E-state index in [0.29, 0.717) is 11.3 Å². The van der Waals surface area contributed by atoms with E-state index >= 15 is 0 Å². The predicted molar refractivity (Wildman–Crippen MR) is 135 cm³/mol. The molecule has 10 heteroatoms. The number of amides is 3. The molecule has 5 N–H and O–H groups in total. The van der Waals surface area contributed by atoms with E-state index < -0.39 is 12.1 Å². The molecule has 1 aliphatic rings. The lowest BCUT2D eigenvalue weighted by atomic mass is 10.0. The van der Waals surface area contributed by atoms with E-state index in [1.54, 1.807) is 62.6 Å². The molecule has 1 fully saturated rings. The lowest BCUT2D eigenvalue weighted by Gasteiger charge is -2.24. The third kappa shape index (κ3) is 8.09. The van der Waals surface area contributed by atoms with Crippen LogP contribution in [0, 0.1) is 5.41 Å². The summed E-state index contributed by atoms with van der Waals surface area (Å²) in [7, 11) is 1.56. The Hall–Kier alpha value is -3.92. The van der Waals surface area contributed by atoms with Gasteiger partial charge in [0.05, 0.1) is 13.2 Å². The zero-order valence-corrected chi connectivity index (χ0v) is 20.6. The van der Waals surface area contributed by atoms with Crippen LogP contribution in [0.3, 0.4) is 0 Å². The number of nitrogens with one attached hydrogen (secondary N) is 5. The zero-order chi connectivity index (χ0) is 25.9. The van der Waals surface area contributed by atoms with E-state index in [0.717, 1.165) is 36.9 Å². The fraction of sp³-hybridized carbons (Fsp3) is 0.385. The second kappa shape index (κ2) is 13.2. The predicted octanol–water partition coefficient (Wildman–Crippen LogP) is 2.21. The van der Waals surface area contributed by atoms with Crippen LogP contribution in [0.15, 0.2) is 48.5 Å². The van der Waals surface area contributed by atoms with Crippen LogP contribution in [0.25, 0.3) is 0 Å². The second-order valence-corrected chi connectivity index (χ2v) is 8.58. The number of piperidine rings is 1. The number of hydrogen-bond acceptors (Lipinski definition) is 7. The molecule has 1 aliphatic heterocycles. The third-order valence-electron chi connectivity index (χ3n) is 5.82. The number of carbonyl (C=O) groups excluding carboxylic acids is 3. The van der Waals surface area contributed by atoms with Crippen molar-refractivity contribution in [2.45, 2.75) is 51.4 Å². The van der Waals surface area contributed by atoms with Crippen LogP contribution < -0.4 is 26.0 Å². The summed E-state index contributed by atoms with van der Waals surface area (Å²) in [6, 6.07) is 13.1. The molecule has 0 saturated carbocycles. The number of hydrogen-bond donors (Lipinski definition) is 5. The van der Waals surface area contributed by atoms with Gasteiger partial charge in [-0.05, 0) is 49.6 Å². The second-order valence-electron chi connectivity index (χ2n) is 8.58. The standard InChI is InChI=1S/C26H33N5O5/c1-17(30-25(33)22-8-3-4-13-28-22)24(32)29-15-18-9-11-20(12-10-18)23(27)31-26(34)36-16-19-6-5-7-21(14-19)35-2/h5-7,9-12,14,17,22,28H,3-4,8,13,15-16H2,1-2H3,(H,29,32)(H,30,33)(H2,27,31,34)/t17-,22?/m0/s1. The molecule has 3 rings (SSSR count). The normalized spacial score (nSPS) is 15.8. The lowest BCUT2D eigenvalue weighted by Crippen LogP contribution is -2.52. The summed E-state index contributed by atoms with van der Waals surface area (Å²) in [6.45, 7) is 2.78. The van der Waals surface area contributed by atoms with Crippen LogP contribution in [0.4, 0.5) is 4.79 Å². The first-order valence-electron chi connectivity index (χ1n) is 11.9. The summed E-state index contributed by atoms with van der Waals surface area (Å²) in [5.41, 5.74) is 2.07. The SMILES string of the molecule is COc1cccc(COC(=O)NC(=N)c2ccc(CNC(=O)[C@H](C)NC(=O)C3CCCCN3)cc2)c1. The van der Waals surface area contributed by atoms with Crippen LogP contribution in [0.5, 0.6) is 5.75 Å². The zero-order valence-electron chi connectivity index (χ0n) is 20.6. The van der Waals surface area contributed by atoms with Gasteiger partial charge >= 0.3 is 6.09 Å². The number of amidine groups is 1. The molecule has 0 spiro atoms. The van der Waals surface area contributed by atoms with Gasteiger partial charge in [-0.25, -0.2) is 4.79 Å². The number of ether oxygens (including phenoxy) is 2. The highest BCUT2D eigenvalue weighted by molar-refractivity contribution is 6.04. The first kappa shape index (κ1) is 26.7. The van der Waals surface area contributed by atoms with Crippen molar-refractivity contribution in [3.8, 4) is 5.75 Å². The molecule has 0 aliphatic carbocycles. The van der Waals surface area contributed by atoms with Crippen molar-refractivity contribution in [3.05, 3.63) is 65.2 Å². The minimum absolute atomic E-state index is 0.0466. The summed E-state index contributed by atoms with van der Waals surface area (Å²) in [6.07, 6.45) is 2.09. The Morgan fingerprint density at radius 1 is 1.11 bits per heavy atom. The highest BCUT2D eigenvalue weighted by Gasteiger charge is 2.23. The first-order chi connectivity index (χ1) is 17.4. The lowest BCUT2D eigenvalue weighted by molar-refractivity contribution is -0.130. The van der Waals surface area contributed by atoms with Crippen LogP contribution in [0.2, 0.25) is 0 Å². The fourth-order valence-electron chi connectivity index (χ4n) is 3.71. The summed E-state index contributed by atoms with van der Waals surface area (Å²) in [5, 5.41) is 19.2. The molecule has 2 aromatic rings. The van der Waals surface area contributed by atoms with Crippen LogP contribution in [-0.2, 0) is 27.5 Å². The van der Waals surface area contributed by atoms with Crippen molar-refractivity contribution >= 4 is 23.7 Å². The van der Waals surface area contributed by atoms with Crippen molar-refractivity contribution in [1.29, 1.82) is 5.41 Å². The molecular weight excluding hydrogens is 462 g/mol. The largest absolute Gasteiger partial charge is 0.497 e. The van der Waals surface area contributed by atoms with Crippen molar-refractivity contribution in [3.63, 3.8) is 0 Å². The Balaban J connectivity index is 1.40. The van der Waals surface area contributed by atoms with Gasteiger partial charge in [0.2, 0.25) is 11.8 Å². The van der Waals surface area contributed by atoms with Crippen LogP contribution >= 0.6 is 0 Å². The maximum absolute atomic E-state index is 12.4. The van der Waals surface area contributed by atoms with E-state index in [4.69, 9.17) is 14.9 Å². The fourth-order valence-corrected chi connectivity index (χ4v) is 3.71. The monoisotopic (exact) mass is 495 g/mol. The molecule has 2 aromatic carbocycles. The average Bonchev–Trinajstić information content (AvgIpc) is 2.91. The van der Waals surface area contributed by atoms with Crippen LogP contribution in [-0.4, -0.2) is 49.5 Å². The molecule has 0 bridgehead atoms. The third-order valence-corrected chi connectivity index (χ3v) is 5.82. The van der Waals surface area contributed by atoms with E-state index in [9.17, 15) is 14.4 Å². The van der Waals surface area contributed by atoms with E-state index in [-0.39, 0.29) is 36.8 Å². The Bertz CT molecular complexity index is 1070. The molecule has 0 radical (unpaired) electrons. The van der Waals surface area contributed by atoms with Gasteiger partial charge in [-0.15, -0.1) is 0 Å². The highest BCUT2D eigenvalue weighted by atomic mass is 16.5. The van der Waals surface area contributed by atoms with Gasteiger partial charge in [0.1, 0.15) is 24.2 Å². The van der Waals surface area contributed by atoms with Gasteiger partial charge in [0.15, 0.2) is 0 Å². The van der Waals surface area contributed by atoms with Crippen LogP contribution in [0.1, 0.15) is 42.9 Å². The summed E-state index contributed by atoms with van der Waals surface area (Å²) >= 11 is 0. The van der Waals surface area contributed by atoms with Crippen molar-refractivity contribution < 1.29 is 23.9 Å². The maximum atomic E-state index is 12.4. The number of rotatable bonds is 9. The molecule has 1 heterocycles. The molecule has 10 nitrogen and oxygen atoms in total. The van der Waals surface area contributed by atoms with Gasteiger partial charge in [-0.2, -0.15) is 0 Å². The Morgan fingerprint density at radius 3 is 2.58 bits per heavy atom. The van der Waals surface area contributed by atoms with Crippen molar-refractivity contribution in [2.24, 2.45) is 0 Å².